The maximum Gasteiger partial charge on any atom is 0.319 e. The van der Waals surface area contributed by atoms with Gasteiger partial charge in [0.1, 0.15) is 5.69 Å². The van der Waals surface area contributed by atoms with Crippen LogP contribution in [0.25, 0.3) is 0 Å². The Hall–Kier alpha value is -2.13. The standard InChI is InChI=1S/C18H23ClN6O2S/c19-16-4-3-15(28-16)17(26)20-11-13-12-25(22-21-13)14-5-9-24(10-6-14)18(27)23-7-1-2-8-23/h3-4,12,14H,1-2,5-11H2,(H,20,26). The van der Waals surface area contributed by atoms with Gasteiger partial charge in [0.05, 0.1) is 28.0 Å². The lowest BCUT2D eigenvalue weighted by Crippen LogP contribution is -2.45. The highest BCUT2D eigenvalue weighted by Gasteiger charge is 2.28. The monoisotopic (exact) mass is 422 g/mol. The Kier molecular flexibility index (Phi) is 5.82. The number of thiophene rings is 1. The first kappa shape index (κ1) is 19.2. The van der Waals surface area contributed by atoms with E-state index in [0.717, 1.165) is 51.9 Å². The molecule has 28 heavy (non-hydrogen) atoms. The van der Waals surface area contributed by atoms with E-state index in [1.54, 1.807) is 12.1 Å². The number of rotatable bonds is 4. The molecule has 10 heteroatoms. The van der Waals surface area contributed by atoms with Crippen LogP contribution in [0.2, 0.25) is 4.34 Å². The second-order valence-corrected chi connectivity index (χ2v) is 8.89. The molecule has 150 valence electrons. The van der Waals surface area contributed by atoms with Crippen molar-refractivity contribution in [1.82, 2.24) is 30.1 Å². The van der Waals surface area contributed by atoms with Gasteiger partial charge in [0.15, 0.2) is 0 Å². The Morgan fingerprint density at radius 3 is 2.54 bits per heavy atom. The van der Waals surface area contributed by atoms with Crippen molar-refractivity contribution >= 4 is 34.9 Å². The number of piperidine rings is 1. The SMILES string of the molecule is O=C(NCc1cn(C2CCN(C(=O)N3CCCC3)CC2)nn1)c1ccc(Cl)s1. The van der Waals surface area contributed by atoms with Crippen LogP contribution in [-0.4, -0.2) is 62.9 Å². The van der Waals surface area contributed by atoms with Crippen molar-refractivity contribution in [2.24, 2.45) is 0 Å². The van der Waals surface area contributed by atoms with Crippen LogP contribution < -0.4 is 5.32 Å². The van der Waals surface area contributed by atoms with E-state index >= 15 is 0 Å². The van der Waals surface area contributed by atoms with Gasteiger partial charge in [-0.25, -0.2) is 9.48 Å². The number of aromatic nitrogens is 3. The molecule has 2 aliphatic rings. The van der Waals surface area contributed by atoms with Crippen molar-refractivity contribution < 1.29 is 9.59 Å². The molecule has 0 bridgehead atoms. The van der Waals surface area contributed by atoms with Gasteiger partial charge < -0.3 is 15.1 Å². The molecule has 1 N–H and O–H groups in total. The van der Waals surface area contributed by atoms with E-state index in [-0.39, 0.29) is 18.0 Å². The van der Waals surface area contributed by atoms with E-state index in [4.69, 9.17) is 11.6 Å². The Bertz CT molecular complexity index is 839. The molecule has 2 aromatic rings. The number of halogens is 1. The average molecular weight is 423 g/mol. The van der Waals surface area contributed by atoms with Gasteiger partial charge in [-0.15, -0.1) is 16.4 Å². The number of nitrogens with zero attached hydrogens (tertiary/aromatic N) is 5. The smallest absolute Gasteiger partial charge is 0.319 e. The average Bonchev–Trinajstić information content (AvgIpc) is 3.47. The number of nitrogens with one attached hydrogen (secondary N) is 1. The Morgan fingerprint density at radius 1 is 1.14 bits per heavy atom. The summed E-state index contributed by atoms with van der Waals surface area (Å²) in [4.78, 5) is 29.1. The molecule has 0 saturated carbocycles. The zero-order valence-electron chi connectivity index (χ0n) is 15.5. The fourth-order valence-corrected chi connectivity index (χ4v) is 4.66. The molecule has 4 heterocycles. The van der Waals surface area contributed by atoms with Crippen LogP contribution in [-0.2, 0) is 6.54 Å². The van der Waals surface area contributed by atoms with E-state index in [1.165, 1.54) is 11.3 Å². The predicted octanol–water partition coefficient (Wildman–Crippen LogP) is 2.78. The van der Waals surface area contributed by atoms with Crippen molar-refractivity contribution in [3.05, 3.63) is 33.2 Å². The quantitative estimate of drug-likeness (QED) is 0.821. The van der Waals surface area contributed by atoms with Crippen LogP contribution >= 0.6 is 22.9 Å². The largest absolute Gasteiger partial charge is 0.346 e. The van der Waals surface area contributed by atoms with E-state index in [2.05, 4.69) is 15.6 Å². The highest BCUT2D eigenvalue weighted by atomic mass is 35.5. The van der Waals surface area contributed by atoms with E-state index in [1.807, 2.05) is 20.7 Å². The van der Waals surface area contributed by atoms with Gasteiger partial charge in [0.25, 0.3) is 5.91 Å². The number of likely N-dealkylation sites (tertiary alicyclic amines) is 2. The van der Waals surface area contributed by atoms with Crippen LogP contribution in [0.15, 0.2) is 18.3 Å². The second kappa shape index (κ2) is 8.48. The minimum absolute atomic E-state index is 0.166. The molecule has 0 atom stereocenters. The third-order valence-electron chi connectivity index (χ3n) is 5.27. The molecule has 4 rings (SSSR count). The molecule has 2 saturated heterocycles. The summed E-state index contributed by atoms with van der Waals surface area (Å²) in [6.45, 7) is 3.57. The lowest BCUT2D eigenvalue weighted by Gasteiger charge is -2.34. The number of amides is 3. The maximum atomic E-state index is 12.5. The topological polar surface area (TPSA) is 83.4 Å². The minimum atomic E-state index is -0.166. The van der Waals surface area contributed by atoms with Crippen LogP contribution in [0.1, 0.15) is 47.1 Å². The molecule has 0 spiro atoms. The lowest BCUT2D eigenvalue weighted by molar-refractivity contribution is 0.0954. The van der Waals surface area contributed by atoms with Crippen molar-refractivity contribution in [1.29, 1.82) is 0 Å². The predicted molar refractivity (Wildman–Crippen MR) is 107 cm³/mol. The zero-order valence-corrected chi connectivity index (χ0v) is 17.1. The number of carbonyl (C=O) groups excluding carboxylic acids is 2. The fourth-order valence-electron chi connectivity index (χ4n) is 3.70. The summed E-state index contributed by atoms with van der Waals surface area (Å²) in [5.41, 5.74) is 0.714. The number of hydrogen-bond donors (Lipinski definition) is 1. The Morgan fingerprint density at radius 2 is 1.86 bits per heavy atom. The highest BCUT2D eigenvalue weighted by Crippen LogP contribution is 2.24. The summed E-state index contributed by atoms with van der Waals surface area (Å²) in [5.74, 6) is -0.166. The third-order valence-corrected chi connectivity index (χ3v) is 6.50. The van der Waals surface area contributed by atoms with E-state index < -0.39 is 0 Å². The lowest BCUT2D eigenvalue weighted by atomic mass is 10.1. The summed E-state index contributed by atoms with van der Waals surface area (Å²) < 4.78 is 2.45. The summed E-state index contributed by atoms with van der Waals surface area (Å²) in [5, 5.41) is 11.2. The molecule has 0 aromatic carbocycles. The van der Waals surface area contributed by atoms with Gasteiger partial charge in [-0.2, -0.15) is 0 Å². The first-order chi connectivity index (χ1) is 13.6. The van der Waals surface area contributed by atoms with Gasteiger partial charge in [-0.1, -0.05) is 16.8 Å². The Balaban J connectivity index is 1.26. The summed E-state index contributed by atoms with van der Waals surface area (Å²) in [7, 11) is 0. The van der Waals surface area contributed by atoms with Crippen molar-refractivity contribution in [3.8, 4) is 0 Å². The van der Waals surface area contributed by atoms with E-state index in [0.29, 0.717) is 21.5 Å². The molecule has 2 fully saturated rings. The summed E-state index contributed by atoms with van der Waals surface area (Å²) in [6.07, 6.45) is 5.83. The molecule has 8 nitrogen and oxygen atoms in total. The first-order valence-electron chi connectivity index (χ1n) is 9.58. The maximum absolute atomic E-state index is 12.5. The highest BCUT2D eigenvalue weighted by molar-refractivity contribution is 7.17. The molecule has 2 aliphatic heterocycles. The van der Waals surface area contributed by atoms with Crippen LogP contribution in [0, 0.1) is 0 Å². The molecule has 0 unspecified atom stereocenters. The molecular formula is C18H23ClN6O2S. The van der Waals surface area contributed by atoms with Crippen LogP contribution in [0.4, 0.5) is 4.79 Å². The van der Waals surface area contributed by atoms with Crippen LogP contribution in [0.3, 0.4) is 0 Å². The number of urea groups is 1. The molecule has 0 aliphatic carbocycles. The van der Waals surface area contributed by atoms with Gasteiger partial charge in [0.2, 0.25) is 0 Å². The normalized spacial score (nSPS) is 17.9. The van der Waals surface area contributed by atoms with Crippen molar-refractivity contribution in [2.45, 2.75) is 38.3 Å². The van der Waals surface area contributed by atoms with E-state index in [9.17, 15) is 9.59 Å². The summed E-state index contributed by atoms with van der Waals surface area (Å²) >= 11 is 7.11. The zero-order chi connectivity index (χ0) is 19.5. The third kappa shape index (κ3) is 4.30. The molecule has 3 amide bonds. The van der Waals surface area contributed by atoms with Gasteiger partial charge in [0, 0.05) is 26.2 Å². The van der Waals surface area contributed by atoms with Gasteiger partial charge >= 0.3 is 6.03 Å². The molecule has 2 aromatic heterocycles. The molecule has 0 radical (unpaired) electrons. The fraction of sp³-hybridized carbons (Fsp3) is 0.556. The Labute approximate surface area is 172 Å². The first-order valence-corrected chi connectivity index (χ1v) is 10.8. The second-order valence-electron chi connectivity index (χ2n) is 7.17. The van der Waals surface area contributed by atoms with Gasteiger partial charge in [-0.05, 0) is 37.8 Å². The van der Waals surface area contributed by atoms with Gasteiger partial charge in [-0.3, -0.25) is 4.79 Å². The summed E-state index contributed by atoms with van der Waals surface area (Å²) in [6, 6.07) is 3.82. The number of carbonyl (C=O) groups is 2. The molecular weight excluding hydrogens is 400 g/mol. The van der Waals surface area contributed by atoms with Crippen molar-refractivity contribution in [3.63, 3.8) is 0 Å². The minimum Gasteiger partial charge on any atom is -0.346 e. The van der Waals surface area contributed by atoms with Crippen LogP contribution in [0.5, 0.6) is 0 Å². The number of hydrogen-bond acceptors (Lipinski definition) is 5. The van der Waals surface area contributed by atoms with Crippen molar-refractivity contribution in [2.75, 3.05) is 26.2 Å².